The van der Waals surface area contributed by atoms with E-state index in [1.54, 1.807) is 6.92 Å². The van der Waals surface area contributed by atoms with Crippen LogP contribution in [0, 0.1) is 0 Å². The molecule has 0 amide bonds. The van der Waals surface area contributed by atoms with E-state index in [1.165, 1.54) is 14.0 Å². The molecule has 16 heavy (non-hydrogen) atoms. The first-order valence-corrected chi connectivity index (χ1v) is 5.58. The highest BCUT2D eigenvalue weighted by atomic mass is 32.1. The molecule has 1 rings (SSSR count). The summed E-state index contributed by atoms with van der Waals surface area (Å²) >= 11 is 1.16. The van der Waals surface area contributed by atoms with Crippen molar-refractivity contribution in [3.63, 3.8) is 0 Å². The number of ether oxygens (including phenoxy) is 2. The van der Waals surface area contributed by atoms with Gasteiger partial charge in [-0.25, -0.2) is 9.78 Å². The predicted molar refractivity (Wildman–Crippen MR) is 58.8 cm³/mol. The molecule has 0 N–H and O–H groups in total. The number of hydrogen-bond acceptors (Lipinski definition) is 6. The molecule has 0 aliphatic heterocycles. The van der Waals surface area contributed by atoms with E-state index in [2.05, 4.69) is 4.98 Å². The van der Waals surface area contributed by atoms with Crippen LogP contribution in [0.25, 0.3) is 0 Å². The van der Waals surface area contributed by atoms with Gasteiger partial charge in [0.1, 0.15) is 9.88 Å². The first-order chi connectivity index (χ1) is 7.60. The maximum atomic E-state index is 11.5. The Balaban J connectivity index is 3.04. The second-order valence-electron chi connectivity index (χ2n) is 3.00. The molecule has 0 bridgehead atoms. The Kier molecular flexibility index (Phi) is 4.57. The fourth-order valence-electron chi connectivity index (χ4n) is 1.13. The number of thiazole rings is 1. The Labute approximate surface area is 97.4 Å². The lowest BCUT2D eigenvalue weighted by molar-refractivity contribution is 0.0517. The number of nitrogens with zero attached hydrogens (tertiary/aromatic N) is 1. The first kappa shape index (κ1) is 12.8. The molecular weight excluding hydrogens is 230 g/mol. The molecule has 5 nitrogen and oxygen atoms in total. The van der Waals surface area contributed by atoms with E-state index in [4.69, 9.17) is 9.47 Å². The Hall–Kier alpha value is -1.27. The fraction of sp³-hybridized carbons (Fsp3) is 0.500. The van der Waals surface area contributed by atoms with Gasteiger partial charge >= 0.3 is 5.97 Å². The third kappa shape index (κ3) is 2.86. The highest BCUT2D eigenvalue weighted by Gasteiger charge is 2.21. The average Bonchev–Trinajstić information content (AvgIpc) is 2.63. The molecule has 0 aliphatic carbocycles. The monoisotopic (exact) mass is 243 g/mol. The number of methoxy groups -OCH3 is 1. The molecule has 0 fully saturated rings. The predicted octanol–water partition coefficient (Wildman–Crippen LogP) is 1.67. The van der Waals surface area contributed by atoms with Crippen molar-refractivity contribution in [2.24, 2.45) is 0 Å². The van der Waals surface area contributed by atoms with Crippen molar-refractivity contribution < 1.29 is 19.1 Å². The minimum atomic E-state index is -0.564. The van der Waals surface area contributed by atoms with Crippen LogP contribution in [0.5, 0.6) is 0 Å². The lowest BCUT2D eigenvalue weighted by Gasteiger charge is -1.98. The highest BCUT2D eigenvalue weighted by molar-refractivity contribution is 7.14. The second kappa shape index (κ2) is 5.72. The first-order valence-electron chi connectivity index (χ1n) is 4.76. The van der Waals surface area contributed by atoms with Crippen molar-refractivity contribution >= 4 is 23.1 Å². The Morgan fingerprint density at radius 1 is 1.44 bits per heavy atom. The molecule has 1 aromatic rings. The molecule has 88 valence electrons. The number of ketones is 1. The smallest absolute Gasteiger partial charge is 0.358 e. The topological polar surface area (TPSA) is 65.5 Å². The number of rotatable bonds is 5. The lowest BCUT2D eigenvalue weighted by atomic mass is 10.3. The van der Waals surface area contributed by atoms with E-state index >= 15 is 0 Å². The van der Waals surface area contributed by atoms with Gasteiger partial charge in [0.15, 0.2) is 11.5 Å². The molecule has 0 spiro atoms. The van der Waals surface area contributed by atoms with Crippen molar-refractivity contribution in [1.82, 2.24) is 4.98 Å². The van der Waals surface area contributed by atoms with Gasteiger partial charge in [-0.15, -0.1) is 11.3 Å². The summed E-state index contributed by atoms with van der Waals surface area (Å²) < 4.78 is 9.72. The van der Waals surface area contributed by atoms with Crippen LogP contribution >= 0.6 is 11.3 Å². The van der Waals surface area contributed by atoms with Crippen molar-refractivity contribution in [2.45, 2.75) is 20.5 Å². The molecule has 0 atom stereocenters. The SMILES string of the molecule is CCOC(=O)c1nc(COC)sc1C(C)=O. The van der Waals surface area contributed by atoms with Gasteiger partial charge in [0.25, 0.3) is 0 Å². The summed E-state index contributed by atoms with van der Waals surface area (Å²) in [4.78, 5) is 27.2. The Morgan fingerprint density at radius 3 is 2.62 bits per heavy atom. The van der Waals surface area contributed by atoms with E-state index < -0.39 is 5.97 Å². The van der Waals surface area contributed by atoms with Gasteiger partial charge in [0, 0.05) is 14.0 Å². The van der Waals surface area contributed by atoms with Gasteiger partial charge in [-0.2, -0.15) is 0 Å². The Bertz CT molecular complexity index is 400. The summed E-state index contributed by atoms with van der Waals surface area (Å²) in [5.74, 6) is -0.755. The molecule has 0 saturated carbocycles. The van der Waals surface area contributed by atoms with Crippen LogP contribution in [0.2, 0.25) is 0 Å². The second-order valence-corrected chi connectivity index (χ2v) is 4.08. The van der Waals surface area contributed by atoms with Gasteiger partial charge in [-0.1, -0.05) is 0 Å². The quantitative estimate of drug-likeness (QED) is 0.581. The van der Waals surface area contributed by atoms with Gasteiger partial charge in [-0.05, 0) is 6.92 Å². The minimum Gasteiger partial charge on any atom is -0.461 e. The van der Waals surface area contributed by atoms with Crippen molar-refractivity contribution in [3.05, 3.63) is 15.6 Å². The van der Waals surface area contributed by atoms with E-state index in [0.29, 0.717) is 9.88 Å². The van der Waals surface area contributed by atoms with E-state index in [1.807, 2.05) is 0 Å². The molecule has 0 aliphatic rings. The van der Waals surface area contributed by atoms with Crippen molar-refractivity contribution in [2.75, 3.05) is 13.7 Å². The molecule has 0 radical (unpaired) electrons. The normalized spacial score (nSPS) is 10.2. The summed E-state index contributed by atoms with van der Waals surface area (Å²) in [6.07, 6.45) is 0. The van der Waals surface area contributed by atoms with Gasteiger partial charge in [0.2, 0.25) is 0 Å². The average molecular weight is 243 g/mol. The molecule has 1 aromatic heterocycles. The maximum Gasteiger partial charge on any atom is 0.358 e. The molecule has 6 heteroatoms. The van der Waals surface area contributed by atoms with Crippen molar-refractivity contribution in [1.29, 1.82) is 0 Å². The zero-order chi connectivity index (χ0) is 12.1. The van der Waals surface area contributed by atoms with Crippen LogP contribution in [0.15, 0.2) is 0 Å². The maximum absolute atomic E-state index is 11.5. The summed E-state index contributed by atoms with van der Waals surface area (Å²) in [5.41, 5.74) is 0.0893. The number of carbonyl (C=O) groups excluding carboxylic acids is 2. The van der Waals surface area contributed by atoms with Crippen LogP contribution in [0.4, 0.5) is 0 Å². The Morgan fingerprint density at radius 2 is 2.12 bits per heavy atom. The largest absolute Gasteiger partial charge is 0.461 e. The zero-order valence-electron chi connectivity index (χ0n) is 9.40. The van der Waals surface area contributed by atoms with E-state index in [-0.39, 0.29) is 24.7 Å². The van der Waals surface area contributed by atoms with E-state index in [0.717, 1.165) is 11.3 Å². The molecular formula is C10H13NO4S. The lowest BCUT2D eigenvalue weighted by Crippen LogP contribution is -2.09. The summed E-state index contributed by atoms with van der Waals surface area (Å²) in [6, 6.07) is 0. The summed E-state index contributed by atoms with van der Waals surface area (Å²) in [5, 5.41) is 0.593. The summed E-state index contributed by atoms with van der Waals surface area (Å²) in [7, 11) is 1.53. The molecule has 0 aromatic carbocycles. The minimum absolute atomic E-state index is 0.0893. The number of esters is 1. The number of carbonyl (C=O) groups is 2. The van der Waals surface area contributed by atoms with Crippen molar-refractivity contribution in [3.8, 4) is 0 Å². The van der Waals surface area contributed by atoms with Gasteiger partial charge < -0.3 is 9.47 Å². The third-order valence-electron chi connectivity index (χ3n) is 1.73. The molecule has 0 unspecified atom stereocenters. The fourth-order valence-corrected chi connectivity index (χ4v) is 2.04. The van der Waals surface area contributed by atoms with Crippen LogP contribution in [-0.4, -0.2) is 30.5 Å². The number of aromatic nitrogens is 1. The van der Waals surface area contributed by atoms with Crippen LogP contribution < -0.4 is 0 Å². The number of hydrogen-bond donors (Lipinski definition) is 0. The van der Waals surface area contributed by atoms with Gasteiger partial charge in [-0.3, -0.25) is 4.79 Å². The molecule has 1 heterocycles. The van der Waals surface area contributed by atoms with Crippen LogP contribution in [0.1, 0.15) is 39.0 Å². The van der Waals surface area contributed by atoms with Gasteiger partial charge in [0.05, 0.1) is 13.2 Å². The standard InChI is InChI=1S/C10H13NO4S/c1-4-15-10(13)8-9(6(2)12)16-7(11-8)5-14-3/h4-5H2,1-3H3. The molecule has 0 saturated heterocycles. The number of Topliss-reactive ketones (excluding diaryl/α,β-unsaturated/α-hetero) is 1. The van der Waals surface area contributed by atoms with E-state index in [9.17, 15) is 9.59 Å². The summed E-state index contributed by atoms with van der Waals surface area (Å²) in [6.45, 7) is 3.64. The van der Waals surface area contributed by atoms with Crippen LogP contribution in [0.3, 0.4) is 0 Å². The van der Waals surface area contributed by atoms with Crippen LogP contribution in [-0.2, 0) is 16.1 Å². The highest BCUT2D eigenvalue weighted by Crippen LogP contribution is 2.20. The third-order valence-corrected chi connectivity index (χ3v) is 2.86. The zero-order valence-corrected chi connectivity index (χ0v) is 10.2.